The van der Waals surface area contributed by atoms with Crippen LogP contribution in [0.15, 0.2) is 132 Å². The van der Waals surface area contributed by atoms with Gasteiger partial charge in [-0.1, -0.05) is 12.1 Å². The molecule has 0 saturated carbocycles. The molecule has 21 heteroatoms. The van der Waals surface area contributed by atoms with Gasteiger partial charge >= 0.3 is 0 Å². The summed E-state index contributed by atoms with van der Waals surface area (Å²) in [6, 6.07) is 37.0. The molecule has 0 saturated heterocycles. The van der Waals surface area contributed by atoms with Crippen molar-refractivity contribution in [2.75, 3.05) is 20.2 Å². The second-order valence-corrected chi connectivity index (χ2v) is 16.8. The number of H-pyrrole nitrogens is 3. The highest BCUT2D eigenvalue weighted by atomic mass is 32.1. The number of hydrogen-bond donors (Lipinski definition) is 6. The quantitative estimate of drug-likeness (QED) is 0.0414. The van der Waals surface area contributed by atoms with Gasteiger partial charge in [0.2, 0.25) is 0 Å². The number of halogens is 1. The largest absolute Gasteiger partial charge is 0.478 e. The Balaban J connectivity index is 0.000000123. The molecule has 0 fully saturated rings. The number of benzene rings is 6. The molecular formula is C50H39FN14O4S2. The second kappa shape index (κ2) is 21.6. The molecule has 12 aromatic rings. The summed E-state index contributed by atoms with van der Waals surface area (Å²) in [6.07, 6.45) is 5.76. The van der Waals surface area contributed by atoms with Gasteiger partial charge in [-0.2, -0.15) is 28.0 Å². The average Bonchev–Trinajstić information content (AvgIpc) is 4.29. The first-order valence-electron chi connectivity index (χ1n) is 21.9. The SMILES string of the molecule is Fc1ccc2[nH]cc(CNCOc3cccc4nsnc34)c2c1.N#Cc1ccc2[nH]cc(CNCOc3ccc4nsnc4c3)c2c1.N#Cc1ccc2[nH]cc(CNCOc3cccc4nonc34)c2c1. The van der Waals surface area contributed by atoms with Crippen molar-refractivity contribution >= 4 is 89.3 Å². The molecule has 6 aromatic carbocycles. The van der Waals surface area contributed by atoms with E-state index in [2.05, 4.69) is 70.8 Å². The van der Waals surface area contributed by atoms with Gasteiger partial charge in [0.15, 0.2) is 11.3 Å². The molecule has 0 spiro atoms. The molecule has 0 aliphatic carbocycles. The molecule has 0 amide bonds. The number of ether oxygens (including phenoxy) is 3. The first-order chi connectivity index (χ1) is 35.0. The lowest BCUT2D eigenvalue weighted by molar-refractivity contribution is 0.281. The average molecular weight is 983 g/mol. The number of fused-ring (bicyclic) bond motifs is 6. The number of nitrogens with one attached hydrogen (secondary N) is 6. The van der Waals surface area contributed by atoms with E-state index in [1.165, 1.54) is 35.6 Å². The van der Waals surface area contributed by atoms with Gasteiger partial charge in [0, 0.05) is 77.0 Å². The first kappa shape index (κ1) is 45.9. The van der Waals surface area contributed by atoms with Gasteiger partial charge in [-0.25, -0.2) is 9.02 Å². The Kier molecular flexibility index (Phi) is 14.0. The van der Waals surface area contributed by atoms with E-state index < -0.39 is 0 Å². The summed E-state index contributed by atoms with van der Waals surface area (Å²) in [5, 5.41) is 38.3. The van der Waals surface area contributed by atoms with E-state index in [-0.39, 0.29) is 5.82 Å². The lowest BCUT2D eigenvalue weighted by Crippen LogP contribution is -2.19. The van der Waals surface area contributed by atoms with Crippen LogP contribution in [0.2, 0.25) is 0 Å². The summed E-state index contributed by atoms with van der Waals surface area (Å²) >= 11 is 2.36. The molecule has 0 aliphatic rings. The van der Waals surface area contributed by atoms with Crippen LogP contribution >= 0.6 is 23.5 Å². The highest BCUT2D eigenvalue weighted by molar-refractivity contribution is 7.00. The minimum Gasteiger partial charge on any atom is -0.478 e. The zero-order valence-electron chi connectivity index (χ0n) is 37.3. The highest BCUT2D eigenvalue weighted by Gasteiger charge is 2.11. The predicted molar refractivity (Wildman–Crippen MR) is 268 cm³/mol. The third-order valence-corrected chi connectivity index (χ3v) is 12.3. The first-order valence-corrected chi connectivity index (χ1v) is 23.4. The Labute approximate surface area is 410 Å². The Bertz CT molecular complexity index is 3850. The smallest absolute Gasteiger partial charge is 0.177 e. The maximum atomic E-state index is 13.4. The van der Waals surface area contributed by atoms with E-state index in [1.807, 2.05) is 104 Å². The van der Waals surface area contributed by atoms with Crippen molar-refractivity contribution in [3.05, 3.63) is 161 Å². The molecule has 352 valence electrons. The third-order valence-electron chi connectivity index (χ3n) is 11.2. The molecule has 6 aromatic heterocycles. The standard InChI is InChI=1S/C17H13N5O2.C17H13N5OS.C16H13FN4OS/c18-7-11-4-5-14-13(6-11)12(9-20-14)8-19-10-23-16-3-1-2-15-17(16)22-24-21-15;18-7-11-1-3-15-14(5-11)12(9-20-15)8-19-10-23-13-2-4-16-17(6-13)22-24-21-16;17-11-4-5-13-12(6-11)10(8-19-13)7-18-9-22-15-3-1-2-14-16(15)21-23-20-14/h2*1-6,9,19-20H,8,10H2;1-6,8,18-19H,7,9H2. The van der Waals surface area contributed by atoms with Gasteiger partial charge in [0.1, 0.15) is 65.1 Å². The van der Waals surface area contributed by atoms with Gasteiger partial charge in [0.05, 0.1) is 46.7 Å². The van der Waals surface area contributed by atoms with Crippen molar-refractivity contribution in [3.63, 3.8) is 0 Å². The number of hydrogen-bond acceptors (Lipinski definition) is 17. The van der Waals surface area contributed by atoms with Crippen molar-refractivity contribution in [2.24, 2.45) is 0 Å². The molecule has 0 radical (unpaired) electrons. The summed E-state index contributed by atoms with van der Waals surface area (Å²) in [4.78, 5) is 9.54. The van der Waals surface area contributed by atoms with E-state index in [0.717, 1.165) is 77.2 Å². The zero-order chi connectivity index (χ0) is 48.4. The lowest BCUT2D eigenvalue weighted by Gasteiger charge is -2.07. The van der Waals surface area contributed by atoms with Crippen LogP contribution in [0.5, 0.6) is 17.2 Å². The van der Waals surface area contributed by atoms with Crippen molar-refractivity contribution in [1.82, 2.24) is 58.7 Å². The van der Waals surface area contributed by atoms with Gasteiger partial charge in [0.25, 0.3) is 0 Å². The number of rotatable bonds is 15. The lowest BCUT2D eigenvalue weighted by atomic mass is 10.1. The molecule has 0 aliphatic heterocycles. The predicted octanol–water partition coefficient (Wildman–Crippen LogP) is 9.31. The van der Waals surface area contributed by atoms with E-state index in [4.69, 9.17) is 29.4 Å². The van der Waals surface area contributed by atoms with Gasteiger partial charge in [-0.3, -0.25) is 16.0 Å². The highest BCUT2D eigenvalue weighted by Crippen LogP contribution is 2.26. The molecule has 0 bridgehead atoms. The van der Waals surface area contributed by atoms with Crippen LogP contribution in [0.1, 0.15) is 27.8 Å². The topological polar surface area (TPSA) is 249 Å². The molecule has 18 nitrogen and oxygen atoms in total. The fourth-order valence-electron chi connectivity index (χ4n) is 7.68. The van der Waals surface area contributed by atoms with Crippen LogP contribution in [0, 0.1) is 28.5 Å². The van der Waals surface area contributed by atoms with Crippen LogP contribution < -0.4 is 30.2 Å². The van der Waals surface area contributed by atoms with Crippen LogP contribution in [0.3, 0.4) is 0 Å². The number of aromatic nitrogens is 9. The van der Waals surface area contributed by atoms with E-state index >= 15 is 0 Å². The summed E-state index contributed by atoms with van der Waals surface area (Å²) in [7, 11) is 0. The third kappa shape index (κ3) is 10.7. The van der Waals surface area contributed by atoms with Crippen LogP contribution in [0.25, 0.3) is 65.8 Å². The van der Waals surface area contributed by atoms with Gasteiger partial charge in [-0.05, 0) is 118 Å². The van der Waals surface area contributed by atoms with E-state index in [9.17, 15) is 4.39 Å². The molecule has 0 unspecified atom stereocenters. The normalized spacial score (nSPS) is 11.1. The maximum Gasteiger partial charge on any atom is 0.177 e. The molecular weight excluding hydrogens is 944 g/mol. The van der Waals surface area contributed by atoms with Gasteiger partial charge in [-0.15, -0.1) is 0 Å². The van der Waals surface area contributed by atoms with Crippen molar-refractivity contribution in [2.45, 2.75) is 19.6 Å². The number of aromatic amines is 3. The molecule has 71 heavy (non-hydrogen) atoms. The fourth-order valence-corrected chi connectivity index (χ4v) is 8.74. The van der Waals surface area contributed by atoms with Crippen molar-refractivity contribution < 1.29 is 23.2 Å². The van der Waals surface area contributed by atoms with E-state index in [0.29, 0.717) is 73.5 Å². The van der Waals surface area contributed by atoms with E-state index in [1.54, 1.807) is 12.1 Å². The fraction of sp³-hybridized carbons (Fsp3) is 0.120. The summed E-state index contributed by atoms with van der Waals surface area (Å²) in [6.45, 7) is 2.87. The van der Waals surface area contributed by atoms with Crippen molar-refractivity contribution in [3.8, 4) is 29.4 Å². The van der Waals surface area contributed by atoms with Crippen molar-refractivity contribution in [1.29, 1.82) is 10.5 Å². The monoisotopic (exact) mass is 982 g/mol. The number of nitriles is 2. The zero-order valence-corrected chi connectivity index (χ0v) is 38.9. The molecule has 0 atom stereocenters. The van der Waals surface area contributed by atoms with Gasteiger partial charge < -0.3 is 29.2 Å². The molecule has 6 heterocycles. The minimum absolute atomic E-state index is 0.239. The molecule has 6 N–H and O–H groups in total. The second-order valence-electron chi connectivity index (χ2n) is 15.7. The minimum atomic E-state index is -0.239. The summed E-state index contributed by atoms with van der Waals surface area (Å²) < 4.78 is 52.0. The summed E-state index contributed by atoms with van der Waals surface area (Å²) in [5.41, 5.74) is 12.0. The summed E-state index contributed by atoms with van der Waals surface area (Å²) in [5.74, 6) is 1.84. The number of nitrogens with zero attached hydrogens (tertiary/aromatic N) is 8. The van der Waals surface area contributed by atoms with Crippen LogP contribution in [0.4, 0.5) is 4.39 Å². The van der Waals surface area contributed by atoms with Crippen LogP contribution in [-0.4, -0.2) is 63.0 Å². The Morgan fingerprint density at radius 3 is 1.69 bits per heavy atom. The Hall–Kier alpha value is -8.83. The Morgan fingerprint density at radius 2 is 1.06 bits per heavy atom. The maximum absolute atomic E-state index is 13.4. The van der Waals surface area contributed by atoms with Crippen LogP contribution in [-0.2, 0) is 19.6 Å². The molecule has 12 rings (SSSR count). The Morgan fingerprint density at radius 1 is 0.521 bits per heavy atom.